The van der Waals surface area contributed by atoms with Crippen LogP contribution in [0.4, 0.5) is 0 Å². The van der Waals surface area contributed by atoms with Gasteiger partial charge in [0.1, 0.15) is 0 Å². The van der Waals surface area contributed by atoms with Crippen LogP contribution >= 0.6 is 0 Å². The van der Waals surface area contributed by atoms with Gasteiger partial charge in [-0.15, -0.1) is 0 Å². The third kappa shape index (κ3) is 6.99. The van der Waals surface area contributed by atoms with Crippen LogP contribution in [-0.2, 0) is 0 Å². The second-order valence-electron chi connectivity index (χ2n) is 14.3. The Labute approximate surface area is 202 Å². The van der Waals surface area contributed by atoms with Crippen LogP contribution in [0.1, 0.15) is 138 Å². The molecule has 0 aromatic heterocycles. The first-order valence-electron chi connectivity index (χ1n) is 14.7. The van der Waals surface area contributed by atoms with E-state index >= 15 is 0 Å². The Morgan fingerprint density at radius 1 is 0.781 bits per heavy atom. The average molecular weight is 446 g/mol. The van der Waals surface area contributed by atoms with Gasteiger partial charge in [-0.1, -0.05) is 67.2 Å². The fourth-order valence-corrected chi connectivity index (χ4v) is 8.38. The van der Waals surface area contributed by atoms with E-state index in [-0.39, 0.29) is 0 Å². The molecule has 3 saturated carbocycles. The van der Waals surface area contributed by atoms with E-state index in [0.29, 0.717) is 16.2 Å². The third-order valence-corrected chi connectivity index (χ3v) is 11.1. The summed E-state index contributed by atoms with van der Waals surface area (Å²) in [5.74, 6) is 4.86. The molecule has 0 bridgehead atoms. The lowest BCUT2D eigenvalue weighted by Gasteiger charge is -2.36. The Hall–Kier alpha value is -0.0400. The van der Waals surface area contributed by atoms with Crippen LogP contribution in [0.5, 0.6) is 0 Å². The summed E-state index contributed by atoms with van der Waals surface area (Å²) < 4.78 is 0. The van der Waals surface area contributed by atoms with Crippen molar-refractivity contribution in [2.24, 2.45) is 45.8 Å². The lowest BCUT2D eigenvalue weighted by Crippen LogP contribution is -2.24. The molecule has 0 saturated heterocycles. The van der Waals surface area contributed by atoms with Crippen molar-refractivity contribution >= 4 is 0 Å². The minimum absolute atomic E-state index is 0.596. The minimum Gasteiger partial charge on any atom is -0.320 e. The van der Waals surface area contributed by atoms with Gasteiger partial charge in [0.25, 0.3) is 0 Å². The van der Waals surface area contributed by atoms with Crippen LogP contribution in [0.15, 0.2) is 0 Å². The van der Waals surface area contributed by atoms with Crippen molar-refractivity contribution in [2.75, 3.05) is 13.6 Å². The molecular weight excluding hydrogens is 386 g/mol. The van der Waals surface area contributed by atoms with Crippen molar-refractivity contribution in [3.05, 3.63) is 0 Å². The Kier molecular flexibility index (Phi) is 9.24. The monoisotopic (exact) mass is 445 g/mol. The highest BCUT2D eigenvalue weighted by molar-refractivity contribution is 5.03. The summed E-state index contributed by atoms with van der Waals surface area (Å²) in [4.78, 5) is 0. The summed E-state index contributed by atoms with van der Waals surface area (Å²) in [5.41, 5.74) is 1.84. The molecule has 3 aliphatic rings. The SMILES string of the molecule is CNCCCC(CCC1(C)CCCC(C)(C2C(C)[C@H]2C)CC1)CC1(C)CCC[C@@H](C)CC1. The van der Waals surface area contributed by atoms with Gasteiger partial charge in [0.15, 0.2) is 0 Å². The van der Waals surface area contributed by atoms with Gasteiger partial charge in [0.2, 0.25) is 0 Å². The molecule has 0 heterocycles. The maximum Gasteiger partial charge on any atom is -0.00518 e. The molecule has 0 radical (unpaired) electrons. The highest BCUT2D eigenvalue weighted by atomic mass is 14.8. The van der Waals surface area contributed by atoms with Gasteiger partial charge in [0.05, 0.1) is 0 Å². The zero-order valence-corrected chi connectivity index (χ0v) is 23.2. The first-order valence-corrected chi connectivity index (χ1v) is 14.7. The molecule has 6 unspecified atom stereocenters. The van der Waals surface area contributed by atoms with Crippen LogP contribution in [-0.4, -0.2) is 13.6 Å². The maximum atomic E-state index is 3.41. The Balaban J connectivity index is 1.57. The standard InChI is InChI=1S/C31H59N/c1-24-11-8-15-30(5,18-13-24)23-27(12-9-22-32-7)14-19-29(4)16-10-17-31(6,21-20-29)28-25(2)26(28)3/h24-28,32H,8-23H2,1-7H3/t24-,25-,26?,27?,28?,29?,30?,31?/m1/s1. The molecule has 0 aromatic carbocycles. The summed E-state index contributed by atoms with van der Waals surface area (Å²) in [5, 5.41) is 3.41. The van der Waals surface area contributed by atoms with E-state index in [1.165, 1.54) is 103 Å². The fourth-order valence-electron chi connectivity index (χ4n) is 8.38. The van der Waals surface area contributed by atoms with Crippen LogP contribution < -0.4 is 5.32 Å². The van der Waals surface area contributed by atoms with Crippen LogP contribution in [0.25, 0.3) is 0 Å². The minimum atomic E-state index is 0.596. The number of rotatable bonds is 10. The topological polar surface area (TPSA) is 12.0 Å². The lowest BCUT2D eigenvalue weighted by atomic mass is 9.70. The van der Waals surface area contributed by atoms with E-state index in [1.807, 2.05) is 0 Å². The molecule has 0 aromatic rings. The third-order valence-electron chi connectivity index (χ3n) is 11.1. The van der Waals surface area contributed by atoms with E-state index < -0.39 is 0 Å². The van der Waals surface area contributed by atoms with Crippen molar-refractivity contribution < 1.29 is 0 Å². The summed E-state index contributed by atoms with van der Waals surface area (Å²) in [6.45, 7) is 16.7. The van der Waals surface area contributed by atoms with Crippen molar-refractivity contribution in [2.45, 2.75) is 138 Å². The summed E-state index contributed by atoms with van der Waals surface area (Å²) in [7, 11) is 2.12. The number of hydrogen-bond acceptors (Lipinski definition) is 1. The number of hydrogen-bond donors (Lipinski definition) is 1. The average Bonchev–Trinajstić information content (AvgIpc) is 3.42. The molecule has 3 rings (SSSR count). The first-order chi connectivity index (χ1) is 15.1. The summed E-state index contributed by atoms with van der Waals surface area (Å²) >= 11 is 0. The first kappa shape index (κ1) is 26.6. The molecule has 3 aliphatic carbocycles. The number of nitrogens with one attached hydrogen (secondary N) is 1. The van der Waals surface area contributed by atoms with Crippen LogP contribution in [0, 0.1) is 45.8 Å². The van der Waals surface area contributed by atoms with E-state index in [9.17, 15) is 0 Å². The second kappa shape index (κ2) is 11.1. The van der Waals surface area contributed by atoms with Gasteiger partial charge in [-0.05, 0) is 130 Å². The lowest BCUT2D eigenvalue weighted by molar-refractivity contribution is 0.157. The molecule has 0 amide bonds. The Morgan fingerprint density at radius 2 is 1.50 bits per heavy atom. The summed E-state index contributed by atoms with van der Waals surface area (Å²) in [6, 6.07) is 0. The molecule has 188 valence electrons. The molecule has 32 heavy (non-hydrogen) atoms. The van der Waals surface area contributed by atoms with Gasteiger partial charge in [0, 0.05) is 0 Å². The zero-order chi connectivity index (χ0) is 23.4. The Bertz CT molecular complexity index is 563. The van der Waals surface area contributed by atoms with E-state index in [1.54, 1.807) is 0 Å². The van der Waals surface area contributed by atoms with E-state index in [0.717, 1.165) is 29.6 Å². The van der Waals surface area contributed by atoms with Gasteiger partial charge in [-0.2, -0.15) is 0 Å². The smallest absolute Gasteiger partial charge is 0.00518 e. The van der Waals surface area contributed by atoms with Gasteiger partial charge in [-0.3, -0.25) is 0 Å². The van der Waals surface area contributed by atoms with Crippen molar-refractivity contribution in [1.29, 1.82) is 0 Å². The quantitative estimate of drug-likeness (QED) is 0.261. The van der Waals surface area contributed by atoms with Crippen molar-refractivity contribution in [1.82, 2.24) is 5.32 Å². The van der Waals surface area contributed by atoms with E-state index in [4.69, 9.17) is 0 Å². The van der Waals surface area contributed by atoms with Gasteiger partial charge in [-0.25, -0.2) is 0 Å². The highest BCUT2D eigenvalue weighted by Crippen LogP contribution is 2.61. The van der Waals surface area contributed by atoms with Crippen LogP contribution in [0.3, 0.4) is 0 Å². The van der Waals surface area contributed by atoms with Gasteiger partial charge >= 0.3 is 0 Å². The molecular formula is C31H59N. The van der Waals surface area contributed by atoms with Gasteiger partial charge < -0.3 is 5.32 Å². The van der Waals surface area contributed by atoms with Crippen molar-refractivity contribution in [3.63, 3.8) is 0 Å². The second-order valence-corrected chi connectivity index (χ2v) is 14.3. The largest absolute Gasteiger partial charge is 0.320 e. The molecule has 1 N–H and O–H groups in total. The molecule has 0 spiro atoms. The molecule has 8 atom stereocenters. The molecule has 1 nitrogen and oxygen atoms in total. The summed E-state index contributed by atoms with van der Waals surface area (Å²) in [6.07, 6.45) is 22.0. The zero-order valence-electron chi connectivity index (χ0n) is 23.2. The predicted molar refractivity (Wildman–Crippen MR) is 142 cm³/mol. The van der Waals surface area contributed by atoms with Crippen LogP contribution in [0.2, 0.25) is 0 Å². The van der Waals surface area contributed by atoms with Crippen molar-refractivity contribution in [3.8, 4) is 0 Å². The highest BCUT2D eigenvalue weighted by Gasteiger charge is 2.54. The fraction of sp³-hybridized carbons (Fsp3) is 1.00. The predicted octanol–water partition coefficient (Wildman–Crippen LogP) is 9.26. The molecule has 1 heteroatoms. The normalized spacial score (nSPS) is 44.0. The molecule has 0 aliphatic heterocycles. The van der Waals surface area contributed by atoms with E-state index in [2.05, 4.69) is 53.9 Å². The molecule has 3 fully saturated rings. The maximum absolute atomic E-state index is 3.41. The Morgan fingerprint density at radius 3 is 2.19 bits per heavy atom.